The normalized spacial score (nSPS) is 33.8. The van der Waals surface area contributed by atoms with Crippen molar-refractivity contribution in [1.29, 1.82) is 0 Å². The van der Waals surface area contributed by atoms with Gasteiger partial charge in [0.1, 0.15) is 0 Å². The van der Waals surface area contributed by atoms with Gasteiger partial charge in [-0.1, -0.05) is 27.2 Å². The van der Waals surface area contributed by atoms with Gasteiger partial charge in [-0.2, -0.15) is 0 Å². The van der Waals surface area contributed by atoms with Gasteiger partial charge < -0.3 is 10.4 Å². The summed E-state index contributed by atoms with van der Waals surface area (Å²) in [5.41, 5.74) is -0.0559. The maximum Gasteiger partial charge on any atom is 0.0771 e. The van der Waals surface area contributed by atoms with Crippen molar-refractivity contribution in [3.8, 4) is 0 Å². The third-order valence-corrected chi connectivity index (χ3v) is 3.88. The Bertz CT molecular complexity index is 197. The van der Waals surface area contributed by atoms with Gasteiger partial charge in [0.15, 0.2) is 0 Å². The number of likely N-dealkylation sites (N-methyl/N-ethyl adjacent to an activating group) is 1. The topological polar surface area (TPSA) is 32.3 Å². The molecule has 1 aliphatic rings. The van der Waals surface area contributed by atoms with Crippen LogP contribution in [-0.4, -0.2) is 24.3 Å². The first-order chi connectivity index (χ1) is 6.87. The molecule has 2 heteroatoms. The Kier molecular flexibility index (Phi) is 4.19. The summed E-state index contributed by atoms with van der Waals surface area (Å²) >= 11 is 0. The van der Waals surface area contributed by atoms with Gasteiger partial charge in [0.05, 0.1) is 5.60 Å². The number of hydrogen-bond acceptors (Lipinski definition) is 2. The highest BCUT2D eigenvalue weighted by atomic mass is 16.3. The first-order valence-electron chi connectivity index (χ1n) is 6.24. The van der Waals surface area contributed by atoms with Crippen LogP contribution in [0.25, 0.3) is 0 Å². The van der Waals surface area contributed by atoms with Crippen LogP contribution in [0.2, 0.25) is 0 Å². The van der Waals surface area contributed by atoms with Crippen molar-refractivity contribution in [3.63, 3.8) is 0 Å². The molecule has 2 nitrogen and oxygen atoms in total. The summed E-state index contributed by atoms with van der Waals surface area (Å²) in [5.74, 6) is 0.767. The van der Waals surface area contributed by atoms with Crippen LogP contribution in [0.4, 0.5) is 0 Å². The SMILES string of the molecule is CNCC1(O)CCCC(C(C)(C)C)CC1. The van der Waals surface area contributed by atoms with E-state index in [1.807, 2.05) is 7.05 Å². The molecule has 0 amide bonds. The molecule has 1 saturated carbocycles. The molecule has 1 fully saturated rings. The minimum absolute atomic E-state index is 0.394. The molecule has 1 aliphatic carbocycles. The molecule has 0 saturated heterocycles. The Balaban J connectivity index is 2.55. The van der Waals surface area contributed by atoms with E-state index in [-0.39, 0.29) is 0 Å². The van der Waals surface area contributed by atoms with E-state index in [1.54, 1.807) is 0 Å². The molecule has 0 aromatic carbocycles. The molecule has 1 rings (SSSR count). The monoisotopic (exact) mass is 213 g/mol. The van der Waals surface area contributed by atoms with E-state index in [0.717, 1.165) is 25.3 Å². The smallest absolute Gasteiger partial charge is 0.0771 e. The molecule has 0 bridgehead atoms. The molecule has 0 aliphatic heterocycles. The second-order valence-electron chi connectivity index (χ2n) is 6.25. The summed E-state index contributed by atoms with van der Waals surface area (Å²) in [6.45, 7) is 7.70. The minimum atomic E-state index is -0.450. The highest BCUT2D eigenvalue weighted by Crippen LogP contribution is 2.39. The highest BCUT2D eigenvalue weighted by Gasteiger charge is 2.34. The highest BCUT2D eigenvalue weighted by molar-refractivity contribution is 4.87. The maximum absolute atomic E-state index is 10.4. The lowest BCUT2D eigenvalue weighted by molar-refractivity contribution is 0.0244. The van der Waals surface area contributed by atoms with Crippen LogP contribution in [0.5, 0.6) is 0 Å². The molecule has 2 atom stereocenters. The van der Waals surface area contributed by atoms with Gasteiger partial charge in [-0.05, 0) is 44.1 Å². The molecule has 2 unspecified atom stereocenters. The van der Waals surface area contributed by atoms with Crippen molar-refractivity contribution >= 4 is 0 Å². The van der Waals surface area contributed by atoms with Crippen LogP contribution in [0.3, 0.4) is 0 Å². The third kappa shape index (κ3) is 3.76. The Labute approximate surface area is 94.5 Å². The predicted octanol–water partition coefficient (Wildman–Crippen LogP) is 2.56. The Morgan fingerprint density at radius 3 is 2.47 bits per heavy atom. The summed E-state index contributed by atoms with van der Waals surface area (Å²) in [5, 5.41) is 13.5. The van der Waals surface area contributed by atoms with Gasteiger partial charge in [-0.3, -0.25) is 0 Å². The summed E-state index contributed by atoms with van der Waals surface area (Å²) in [7, 11) is 1.92. The van der Waals surface area contributed by atoms with Gasteiger partial charge in [0.25, 0.3) is 0 Å². The molecular formula is C13H27NO. The van der Waals surface area contributed by atoms with Crippen LogP contribution < -0.4 is 5.32 Å². The summed E-state index contributed by atoms with van der Waals surface area (Å²) in [4.78, 5) is 0. The summed E-state index contributed by atoms with van der Waals surface area (Å²) < 4.78 is 0. The average molecular weight is 213 g/mol. The van der Waals surface area contributed by atoms with Gasteiger partial charge in [0, 0.05) is 6.54 Å². The predicted molar refractivity (Wildman–Crippen MR) is 64.9 cm³/mol. The van der Waals surface area contributed by atoms with E-state index in [2.05, 4.69) is 26.1 Å². The minimum Gasteiger partial charge on any atom is -0.389 e. The maximum atomic E-state index is 10.4. The summed E-state index contributed by atoms with van der Waals surface area (Å²) in [6.07, 6.45) is 5.52. The fourth-order valence-corrected chi connectivity index (χ4v) is 2.76. The second kappa shape index (κ2) is 4.84. The van der Waals surface area contributed by atoms with Crippen molar-refractivity contribution in [3.05, 3.63) is 0 Å². The zero-order valence-electron chi connectivity index (χ0n) is 10.8. The number of aliphatic hydroxyl groups is 1. The Morgan fingerprint density at radius 2 is 1.93 bits per heavy atom. The van der Waals surface area contributed by atoms with E-state index >= 15 is 0 Å². The second-order valence-corrected chi connectivity index (χ2v) is 6.25. The third-order valence-electron chi connectivity index (χ3n) is 3.88. The van der Waals surface area contributed by atoms with Crippen molar-refractivity contribution in [2.75, 3.05) is 13.6 Å². The standard InChI is InChI=1S/C13H27NO/c1-12(2,3)11-6-5-8-13(15,9-7-11)10-14-4/h11,14-15H,5-10H2,1-4H3. The van der Waals surface area contributed by atoms with Crippen molar-refractivity contribution < 1.29 is 5.11 Å². The number of hydrogen-bond donors (Lipinski definition) is 2. The van der Waals surface area contributed by atoms with Crippen LogP contribution in [0.15, 0.2) is 0 Å². The van der Waals surface area contributed by atoms with E-state index in [4.69, 9.17) is 0 Å². The van der Waals surface area contributed by atoms with Crippen LogP contribution in [0, 0.1) is 11.3 Å². The van der Waals surface area contributed by atoms with Gasteiger partial charge in [-0.25, -0.2) is 0 Å². The molecule has 15 heavy (non-hydrogen) atoms. The fraction of sp³-hybridized carbons (Fsp3) is 1.00. The molecule has 0 aromatic heterocycles. The fourth-order valence-electron chi connectivity index (χ4n) is 2.76. The Hall–Kier alpha value is -0.0800. The molecule has 90 valence electrons. The molecular weight excluding hydrogens is 186 g/mol. The number of rotatable bonds is 2. The molecule has 0 heterocycles. The van der Waals surface area contributed by atoms with Crippen LogP contribution >= 0.6 is 0 Å². The van der Waals surface area contributed by atoms with Crippen molar-refractivity contribution in [1.82, 2.24) is 5.32 Å². The van der Waals surface area contributed by atoms with Gasteiger partial charge >= 0.3 is 0 Å². The van der Waals surface area contributed by atoms with Gasteiger partial charge in [0.2, 0.25) is 0 Å². The zero-order valence-corrected chi connectivity index (χ0v) is 10.8. The van der Waals surface area contributed by atoms with E-state index in [9.17, 15) is 5.11 Å². The largest absolute Gasteiger partial charge is 0.389 e. The van der Waals surface area contributed by atoms with Gasteiger partial charge in [-0.15, -0.1) is 0 Å². The van der Waals surface area contributed by atoms with Crippen molar-refractivity contribution in [2.24, 2.45) is 11.3 Å². The molecule has 0 radical (unpaired) electrons. The lowest BCUT2D eigenvalue weighted by Gasteiger charge is -2.30. The van der Waals surface area contributed by atoms with E-state index in [0.29, 0.717) is 5.41 Å². The Morgan fingerprint density at radius 1 is 1.27 bits per heavy atom. The molecule has 0 spiro atoms. The lowest BCUT2D eigenvalue weighted by atomic mass is 9.76. The molecule has 2 N–H and O–H groups in total. The van der Waals surface area contributed by atoms with Crippen LogP contribution in [0.1, 0.15) is 52.9 Å². The van der Waals surface area contributed by atoms with Crippen LogP contribution in [-0.2, 0) is 0 Å². The zero-order chi connectivity index (χ0) is 11.5. The first kappa shape index (κ1) is 13.0. The first-order valence-corrected chi connectivity index (χ1v) is 6.24. The summed E-state index contributed by atoms with van der Waals surface area (Å²) in [6, 6.07) is 0. The average Bonchev–Trinajstić information content (AvgIpc) is 2.26. The quantitative estimate of drug-likeness (QED) is 0.691. The lowest BCUT2D eigenvalue weighted by Crippen LogP contribution is -2.38. The molecule has 0 aromatic rings. The number of nitrogens with one attached hydrogen (secondary N) is 1. The van der Waals surface area contributed by atoms with Crippen molar-refractivity contribution in [2.45, 2.75) is 58.5 Å². The van der Waals surface area contributed by atoms with E-state index in [1.165, 1.54) is 19.3 Å². The van der Waals surface area contributed by atoms with E-state index < -0.39 is 5.60 Å².